The Hall–Kier alpha value is -1.29. The molecule has 1 saturated heterocycles. The number of pyridine rings is 1. The number of likely N-dealkylation sites (tertiary alicyclic amines) is 1. The molecule has 14 heavy (non-hydrogen) atoms. The van der Waals surface area contributed by atoms with Gasteiger partial charge < -0.3 is 10.6 Å². The lowest BCUT2D eigenvalue weighted by atomic mass is 10.1. The molecule has 5 heteroatoms. The third kappa shape index (κ3) is 1.53. The molecule has 1 amide bonds. The van der Waals surface area contributed by atoms with E-state index in [0.717, 1.165) is 19.5 Å². The number of aromatic nitrogens is 1. The lowest BCUT2D eigenvalue weighted by Crippen LogP contribution is -2.42. The summed E-state index contributed by atoms with van der Waals surface area (Å²) in [5.74, 6) is 0.234. The van der Waals surface area contributed by atoms with E-state index in [4.69, 9.17) is 17.3 Å². The molecule has 4 nitrogen and oxygen atoms in total. The summed E-state index contributed by atoms with van der Waals surface area (Å²) >= 11 is 5.77. The molecule has 0 aliphatic carbocycles. The molecule has 74 valence electrons. The maximum absolute atomic E-state index is 11.7. The molecular formula is C9H10ClN3O. The van der Waals surface area contributed by atoms with Gasteiger partial charge in [-0.25, -0.2) is 4.98 Å². The first kappa shape index (κ1) is 9.27. The van der Waals surface area contributed by atoms with Crippen LogP contribution < -0.4 is 5.73 Å². The van der Waals surface area contributed by atoms with Crippen molar-refractivity contribution in [1.82, 2.24) is 9.88 Å². The molecule has 1 aliphatic rings. The van der Waals surface area contributed by atoms with Crippen LogP contribution >= 0.6 is 11.6 Å². The first-order valence-electron chi connectivity index (χ1n) is 4.39. The summed E-state index contributed by atoms with van der Waals surface area (Å²) in [6.45, 7) is 1.64. The van der Waals surface area contributed by atoms with Gasteiger partial charge in [0.15, 0.2) is 0 Å². The molecule has 1 aliphatic heterocycles. The predicted molar refractivity (Wildman–Crippen MR) is 54.2 cm³/mol. The lowest BCUT2D eigenvalue weighted by Gasteiger charge is -2.30. The van der Waals surface area contributed by atoms with Crippen molar-refractivity contribution in [2.75, 3.05) is 18.8 Å². The molecule has 0 unspecified atom stereocenters. The molecule has 2 heterocycles. The van der Waals surface area contributed by atoms with Gasteiger partial charge in [-0.1, -0.05) is 11.6 Å². The predicted octanol–water partition coefficient (Wildman–Crippen LogP) is 1.16. The highest BCUT2D eigenvalue weighted by molar-refractivity contribution is 6.33. The minimum absolute atomic E-state index is 0.0225. The van der Waals surface area contributed by atoms with E-state index in [9.17, 15) is 4.79 Å². The fraction of sp³-hybridized carbons (Fsp3) is 0.333. The third-order valence-corrected chi connectivity index (χ3v) is 2.56. The van der Waals surface area contributed by atoms with Crippen LogP contribution in [0.3, 0.4) is 0 Å². The molecule has 0 bridgehead atoms. The van der Waals surface area contributed by atoms with Gasteiger partial charge in [-0.3, -0.25) is 4.79 Å². The maximum atomic E-state index is 11.7. The van der Waals surface area contributed by atoms with Crippen molar-refractivity contribution in [3.8, 4) is 0 Å². The number of hydrogen-bond donors (Lipinski definition) is 1. The largest absolute Gasteiger partial charge is 0.382 e. The van der Waals surface area contributed by atoms with Gasteiger partial charge in [0.1, 0.15) is 5.82 Å². The Morgan fingerprint density at radius 1 is 1.57 bits per heavy atom. The summed E-state index contributed by atoms with van der Waals surface area (Å²) in [6.07, 6.45) is 2.53. The summed E-state index contributed by atoms with van der Waals surface area (Å²) in [6, 6.07) is 1.56. The van der Waals surface area contributed by atoms with Gasteiger partial charge in [-0.2, -0.15) is 0 Å². The number of carbonyl (C=O) groups excluding carboxylic acids is 1. The van der Waals surface area contributed by atoms with Gasteiger partial charge >= 0.3 is 0 Å². The summed E-state index contributed by atoms with van der Waals surface area (Å²) < 4.78 is 0. The summed E-state index contributed by atoms with van der Waals surface area (Å²) in [4.78, 5) is 17.3. The Bertz CT molecular complexity index is 376. The van der Waals surface area contributed by atoms with Crippen LogP contribution in [0.4, 0.5) is 5.82 Å². The van der Waals surface area contributed by atoms with Crippen LogP contribution in [0, 0.1) is 0 Å². The number of nitrogen functional groups attached to an aromatic ring is 1. The maximum Gasteiger partial charge on any atom is 0.255 e. The molecule has 1 fully saturated rings. The SMILES string of the molecule is Nc1ncc(C(=O)N2CCC2)cc1Cl. The second kappa shape index (κ2) is 3.46. The molecule has 1 aromatic rings. The summed E-state index contributed by atoms with van der Waals surface area (Å²) in [5, 5.41) is 0.330. The number of nitrogens with zero attached hydrogens (tertiary/aromatic N) is 2. The van der Waals surface area contributed by atoms with Crippen LogP contribution in [0.2, 0.25) is 5.02 Å². The molecule has 2 rings (SSSR count). The van der Waals surface area contributed by atoms with E-state index in [1.807, 2.05) is 0 Å². The standard InChI is InChI=1S/C9H10ClN3O/c10-7-4-6(5-12-8(7)11)9(14)13-2-1-3-13/h4-5H,1-3H2,(H2,11,12). The number of rotatable bonds is 1. The second-order valence-corrected chi connectivity index (χ2v) is 3.64. The van der Waals surface area contributed by atoms with Crippen molar-refractivity contribution in [3.63, 3.8) is 0 Å². The van der Waals surface area contributed by atoms with E-state index in [-0.39, 0.29) is 11.7 Å². The molecule has 0 atom stereocenters. The van der Waals surface area contributed by atoms with E-state index in [1.54, 1.807) is 11.0 Å². The minimum atomic E-state index is -0.0225. The second-order valence-electron chi connectivity index (χ2n) is 3.24. The molecule has 0 spiro atoms. The summed E-state index contributed by atoms with van der Waals surface area (Å²) in [5.41, 5.74) is 5.95. The summed E-state index contributed by atoms with van der Waals surface area (Å²) in [7, 11) is 0. The Morgan fingerprint density at radius 3 is 2.79 bits per heavy atom. The van der Waals surface area contributed by atoms with E-state index < -0.39 is 0 Å². The molecule has 0 aromatic carbocycles. The Balaban J connectivity index is 2.23. The Morgan fingerprint density at radius 2 is 2.29 bits per heavy atom. The number of amides is 1. The quantitative estimate of drug-likeness (QED) is 0.759. The monoisotopic (exact) mass is 211 g/mol. The highest BCUT2D eigenvalue weighted by atomic mass is 35.5. The Labute approximate surface area is 86.7 Å². The minimum Gasteiger partial charge on any atom is -0.382 e. The first-order chi connectivity index (χ1) is 6.68. The molecule has 1 aromatic heterocycles. The number of hydrogen-bond acceptors (Lipinski definition) is 3. The average molecular weight is 212 g/mol. The van der Waals surface area contributed by atoms with E-state index in [1.165, 1.54) is 6.20 Å². The van der Waals surface area contributed by atoms with Gasteiger partial charge in [-0.15, -0.1) is 0 Å². The van der Waals surface area contributed by atoms with Gasteiger partial charge in [0.05, 0.1) is 10.6 Å². The van der Waals surface area contributed by atoms with Crippen LogP contribution in [0.1, 0.15) is 16.8 Å². The van der Waals surface area contributed by atoms with E-state index >= 15 is 0 Å². The molecular weight excluding hydrogens is 202 g/mol. The third-order valence-electron chi connectivity index (χ3n) is 2.26. The highest BCUT2D eigenvalue weighted by Crippen LogP contribution is 2.19. The number of anilines is 1. The fourth-order valence-electron chi connectivity index (χ4n) is 1.27. The van der Waals surface area contributed by atoms with Crippen LogP contribution in [0.25, 0.3) is 0 Å². The number of halogens is 1. The van der Waals surface area contributed by atoms with E-state index in [2.05, 4.69) is 4.98 Å². The fourth-order valence-corrected chi connectivity index (χ4v) is 1.43. The highest BCUT2D eigenvalue weighted by Gasteiger charge is 2.22. The Kier molecular flexibility index (Phi) is 2.29. The smallest absolute Gasteiger partial charge is 0.255 e. The van der Waals surface area contributed by atoms with Crippen molar-refractivity contribution in [2.24, 2.45) is 0 Å². The normalized spacial score (nSPS) is 15.1. The van der Waals surface area contributed by atoms with Crippen LogP contribution in [-0.4, -0.2) is 28.9 Å². The van der Waals surface area contributed by atoms with Crippen molar-refractivity contribution < 1.29 is 4.79 Å². The average Bonchev–Trinajstić information content (AvgIpc) is 2.06. The number of carbonyl (C=O) groups is 1. The van der Waals surface area contributed by atoms with Crippen molar-refractivity contribution >= 4 is 23.3 Å². The zero-order chi connectivity index (χ0) is 10.1. The molecule has 0 saturated carbocycles. The van der Waals surface area contributed by atoms with Crippen molar-refractivity contribution in [3.05, 3.63) is 22.8 Å². The molecule has 0 radical (unpaired) electrons. The van der Waals surface area contributed by atoms with Gasteiger partial charge in [-0.05, 0) is 12.5 Å². The topological polar surface area (TPSA) is 59.2 Å². The van der Waals surface area contributed by atoms with Crippen molar-refractivity contribution in [1.29, 1.82) is 0 Å². The zero-order valence-electron chi connectivity index (χ0n) is 7.53. The van der Waals surface area contributed by atoms with Crippen LogP contribution in [-0.2, 0) is 0 Å². The number of nitrogens with two attached hydrogens (primary N) is 1. The van der Waals surface area contributed by atoms with E-state index in [0.29, 0.717) is 10.6 Å². The molecule has 2 N–H and O–H groups in total. The lowest BCUT2D eigenvalue weighted by molar-refractivity contribution is 0.0651. The van der Waals surface area contributed by atoms with Gasteiger partial charge in [0.25, 0.3) is 5.91 Å². The van der Waals surface area contributed by atoms with Crippen molar-refractivity contribution in [2.45, 2.75) is 6.42 Å². The van der Waals surface area contributed by atoms with Gasteiger partial charge in [0.2, 0.25) is 0 Å². The van der Waals surface area contributed by atoms with Crippen LogP contribution in [0.15, 0.2) is 12.3 Å². The van der Waals surface area contributed by atoms with Gasteiger partial charge in [0, 0.05) is 19.3 Å². The zero-order valence-corrected chi connectivity index (χ0v) is 8.29. The first-order valence-corrected chi connectivity index (χ1v) is 4.76. The van der Waals surface area contributed by atoms with Crippen LogP contribution in [0.5, 0.6) is 0 Å².